The van der Waals surface area contributed by atoms with Gasteiger partial charge >= 0.3 is 7.82 Å². The van der Waals surface area contributed by atoms with Gasteiger partial charge in [-0.25, -0.2) is 4.57 Å². The van der Waals surface area contributed by atoms with E-state index in [4.69, 9.17) is 18.3 Å². The lowest BCUT2D eigenvalue weighted by Crippen LogP contribution is -2.12. The van der Waals surface area contributed by atoms with Crippen molar-refractivity contribution >= 4 is 7.82 Å². The van der Waals surface area contributed by atoms with E-state index in [9.17, 15) is 4.57 Å². The first-order valence-electron chi connectivity index (χ1n) is 9.34. The summed E-state index contributed by atoms with van der Waals surface area (Å²) >= 11 is 0. The minimum atomic E-state index is -3.83. The maximum atomic E-state index is 13.1. The first kappa shape index (κ1) is 21.5. The minimum absolute atomic E-state index is 0.120. The second kappa shape index (κ2) is 11.1. The van der Waals surface area contributed by atoms with Crippen molar-refractivity contribution in [3.8, 4) is 11.5 Å². The molecule has 2 atom stereocenters. The van der Waals surface area contributed by atoms with Crippen LogP contribution in [0.4, 0.5) is 0 Å². The van der Waals surface area contributed by atoms with Gasteiger partial charge in [-0.3, -0.25) is 4.52 Å². The van der Waals surface area contributed by atoms with E-state index in [2.05, 4.69) is 13.8 Å². The van der Waals surface area contributed by atoms with Crippen LogP contribution in [-0.2, 0) is 13.8 Å². The molecule has 0 fully saturated rings. The Bertz CT molecular complexity index is 702. The Hall–Kier alpha value is -1.81. The van der Waals surface area contributed by atoms with Crippen LogP contribution in [-0.4, -0.2) is 19.8 Å². The lowest BCUT2D eigenvalue weighted by atomic mass is 10.1. The van der Waals surface area contributed by atoms with Crippen molar-refractivity contribution in [2.75, 3.05) is 19.8 Å². The topological polar surface area (TPSA) is 54.0 Å². The second-order valence-corrected chi connectivity index (χ2v) is 8.08. The maximum Gasteiger partial charge on any atom is 0.587 e. The van der Waals surface area contributed by atoms with Gasteiger partial charge in [0.2, 0.25) is 0 Å². The van der Waals surface area contributed by atoms with Crippen molar-refractivity contribution in [2.45, 2.75) is 33.6 Å². The molecule has 2 unspecified atom stereocenters. The van der Waals surface area contributed by atoms with E-state index in [-0.39, 0.29) is 6.61 Å². The van der Waals surface area contributed by atoms with Crippen molar-refractivity contribution in [3.05, 3.63) is 60.2 Å². The lowest BCUT2D eigenvalue weighted by molar-refractivity contribution is 0.0676. The second-order valence-electron chi connectivity index (χ2n) is 6.56. The predicted molar refractivity (Wildman–Crippen MR) is 107 cm³/mol. The van der Waals surface area contributed by atoms with Crippen LogP contribution < -0.4 is 9.05 Å². The quantitative estimate of drug-likeness (QED) is 0.326. The normalized spacial score (nSPS) is 14.3. The number of aryl methyl sites for hydroxylation is 1. The van der Waals surface area contributed by atoms with Gasteiger partial charge in [-0.1, -0.05) is 56.2 Å². The summed E-state index contributed by atoms with van der Waals surface area (Å²) < 4.78 is 35.4. The van der Waals surface area contributed by atoms with E-state index in [0.29, 0.717) is 30.6 Å². The van der Waals surface area contributed by atoms with Gasteiger partial charge < -0.3 is 13.8 Å². The SMILES string of the molecule is CCCC(C)COCCOP(=O)(Oc1ccccc1)Oc1ccc(C)cc1. The smallest absolute Gasteiger partial charge is 0.395 e. The van der Waals surface area contributed by atoms with Crippen LogP contribution in [0.15, 0.2) is 54.6 Å². The van der Waals surface area contributed by atoms with Crippen LogP contribution in [0.25, 0.3) is 0 Å². The molecule has 0 saturated heterocycles. The summed E-state index contributed by atoms with van der Waals surface area (Å²) in [7, 11) is -3.83. The van der Waals surface area contributed by atoms with Crippen molar-refractivity contribution < 1.29 is 22.9 Å². The largest absolute Gasteiger partial charge is 0.587 e. The third kappa shape index (κ3) is 8.17. The Kier molecular flexibility index (Phi) is 8.86. The highest BCUT2D eigenvalue weighted by molar-refractivity contribution is 7.49. The third-order valence-corrected chi connectivity index (χ3v) is 5.23. The molecule has 0 heterocycles. The molecule has 0 N–H and O–H groups in total. The number of para-hydroxylation sites is 1. The van der Waals surface area contributed by atoms with Gasteiger partial charge in [0.15, 0.2) is 0 Å². The Morgan fingerprint density at radius 2 is 1.56 bits per heavy atom. The summed E-state index contributed by atoms with van der Waals surface area (Å²) in [5.74, 6) is 1.34. The summed E-state index contributed by atoms with van der Waals surface area (Å²) in [5.41, 5.74) is 1.08. The number of ether oxygens (including phenoxy) is 1. The average Bonchev–Trinajstić information content (AvgIpc) is 2.64. The molecule has 148 valence electrons. The summed E-state index contributed by atoms with van der Waals surface area (Å²) in [5, 5.41) is 0. The first-order chi connectivity index (χ1) is 13.0. The molecule has 0 amide bonds. The van der Waals surface area contributed by atoms with Gasteiger partial charge in [0.25, 0.3) is 0 Å². The Balaban J connectivity index is 1.94. The third-order valence-electron chi connectivity index (χ3n) is 3.86. The van der Waals surface area contributed by atoms with E-state index >= 15 is 0 Å². The number of hydrogen-bond acceptors (Lipinski definition) is 5. The van der Waals surface area contributed by atoms with Crippen LogP contribution in [0.1, 0.15) is 32.3 Å². The molecule has 0 aromatic heterocycles. The molecule has 2 aromatic rings. The Labute approximate surface area is 162 Å². The molecule has 27 heavy (non-hydrogen) atoms. The summed E-state index contributed by atoms with van der Waals surface area (Å²) in [6.45, 7) is 7.37. The van der Waals surface area contributed by atoms with Crippen molar-refractivity contribution in [1.29, 1.82) is 0 Å². The zero-order valence-electron chi connectivity index (χ0n) is 16.3. The van der Waals surface area contributed by atoms with E-state index in [1.54, 1.807) is 36.4 Å². The summed E-state index contributed by atoms with van der Waals surface area (Å²) in [6, 6.07) is 16.1. The van der Waals surface area contributed by atoms with Crippen LogP contribution in [0.3, 0.4) is 0 Å². The van der Waals surface area contributed by atoms with Crippen molar-refractivity contribution in [3.63, 3.8) is 0 Å². The molecule has 0 aliphatic carbocycles. The molecule has 6 heteroatoms. The molecule has 0 spiro atoms. The van der Waals surface area contributed by atoms with Gasteiger partial charge in [-0.05, 0) is 43.5 Å². The first-order valence-corrected chi connectivity index (χ1v) is 10.8. The molecular weight excluding hydrogens is 363 g/mol. The fourth-order valence-electron chi connectivity index (χ4n) is 2.48. The van der Waals surface area contributed by atoms with Crippen LogP contribution in [0.2, 0.25) is 0 Å². The summed E-state index contributed by atoms with van der Waals surface area (Å²) in [6.07, 6.45) is 2.25. The Morgan fingerprint density at radius 1 is 0.926 bits per heavy atom. The number of hydrogen-bond donors (Lipinski definition) is 0. The maximum absolute atomic E-state index is 13.1. The van der Waals surface area contributed by atoms with Gasteiger partial charge in [0.1, 0.15) is 11.5 Å². The van der Waals surface area contributed by atoms with Crippen molar-refractivity contribution in [2.24, 2.45) is 5.92 Å². The number of phosphoric ester groups is 1. The van der Waals surface area contributed by atoms with Gasteiger partial charge in [-0.15, -0.1) is 0 Å². The van der Waals surface area contributed by atoms with E-state index in [1.807, 2.05) is 25.1 Å². The molecular formula is C21H29O5P. The van der Waals surface area contributed by atoms with E-state index in [1.165, 1.54) is 0 Å². The molecule has 5 nitrogen and oxygen atoms in total. The highest BCUT2D eigenvalue weighted by Crippen LogP contribution is 2.49. The monoisotopic (exact) mass is 392 g/mol. The zero-order valence-corrected chi connectivity index (χ0v) is 17.2. The number of rotatable bonds is 12. The van der Waals surface area contributed by atoms with Gasteiger partial charge in [0.05, 0.1) is 13.2 Å². The summed E-state index contributed by atoms with van der Waals surface area (Å²) in [4.78, 5) is 0. The lowest BCUT2D eigenvalue weighted by Gasteiger charge is -2.19. The van der Waals surface area contributed by atoms with Crippen LogP contribution in [0.5, 0.6) is 11.5 Å². The molecule has 0 aliphatic heterocycles. The highest BCUT2D eigenvalue weighted by atomic mass is 31.2. The van der Waals surface area contributed by atoms with Gasteiger partial charge in [-0.2, -0.15) is 0 Å². The molecule has 2 aromatic carbocycles. The molecule has 2 rings (SSSR count). The fraction of sp³-hybridized carbons (Fsp3) is 0.429. The van der Waals surface area contributed by atoms with Gasteiger partial charge in [0, 0.05) is 6.61 Å². The number of phosphoric acid groups is 1. The minimum Gasteiger partial charge on any atom is -0.395 e. The zero-order chi connectivity index (χ0) is 19.5. The number of benzene rings is 2. The van der Waals surface area contributed by atoms with E-state index < -0.39 is 7.82 Å². The fourth-order valence-corrected chi connectivity index (χ4v) is 3.68. The molecule has 0 bridgehead atoms. The predicted octanol–water partition coefficient (Wildman–Crippen LogP) is 6.03. The Morgan fingerprint density at radius 3 is 2.19 bits per heavy atom. The van der Waals surface area contributed by atoms with E-state index in [0.717, 1.165) is 18.4 Å². The highest BCUT2D eigenvalue weighted by Gasteiger charge is 2.30. The molecule has 0 aliphatic rings. The molecule has 0 saturated carbocycles. The van der Waals surface area contributed by atoms with Crippen molar-refractivity contribution in [1.82, 2.24) is 0 Å². The standard InChI is InChI=1S/C21H29O5P/c1-4-8-19(3)17-23-15-16-24-27(22,25-20-9-6-5-7-10-20)26-21-13-11-18(2)12-14-21/h5-7,9-14,19H,4,8,15-17H2,1-3H3. The average molecular weight is 392 g/mol. The van der Waals surface area contributed by atoms with Crippen LogP contribution in [0, 0.1) is 12.8 Å². The van der Waals surface area contributed by atoms with Crippen LogP contribution >= 0.6 is 7.82 Å². The molecule has 0 radical (unpaired) electrons.